The Balaban J connectivity index is 1.93. The molecule has 1 fully saturated rings. The fourth-order valence-electron chi connectivity index (χ4n) is 3.93. The van der Waals surface area contributed by atoms with Crippen LogP contribution in [0.2, 0.25) is 5.02 Å². The molecule has 1 aliphatic rings. The lowest BCUT2D eigenvalue weighted by molar-refractivity contribution is -0.156. The van der Waals surface area contributed by atoms with Gasteiger partial charge in [-0.15, -0.1) is 0 Å². The molecule has 2 aromatic rings. The van der Waals surface area contributed by atoms with Crippen LogP contribution in [0.3, 0.4) is 0 Å². The first-order valence-corrected chi connectivity index (χ1v) is 10.1. The summed E-state index contributed by atoms with van der Waals surface area (Å²) in [4.78, 5) is 12.8. The molecule has 0 aromatic heterocycles. The molecule has 0 radical (unpaired) electrons. The highest BCUT2D eigenvalue weighted by Gasteiger charge is 2.52. The van der Waals surface area contributed by atoms with E-state index in [-0.39, 0.29) is 21.8 Å². The van der Waals surface area contributed by atoms with E-state index in [0.717, 1.165) is 12.1 Å². The van der Waals surface area contributed by atoms with Crippen LogP contribution in [0.4, 0.5) is 32.0 Å². The summed E-state index contributed by atoms with van der Waals surface area (Å²) in [6.45, 7) is 1.54. The van der Waals surface area contributed by atoms with Crippen LogP contribution in [0.1, 0.15) is 40.2 Å². The Morgan fingerprint density at radius 3 is 2.32 bits per heavy atom. The van der Waals surface area contributed by atoms with Crippen LogP contribution in [0, 0.1) is 29.6 Å². The van der Waals surface area contributed by atoms with Crippen molar-refractivity contribution in [1.29, 1.82) is 10.5 Å². The second-order valence-corrected chi connectivity index (χ2v) is 8.15. The molecule has 3 rings (SSSR count). The molecule has 0 saturated carbocycles. The first-order chi connectivity index (χ1) is 15.8. The molecular formula is C22H15ClF6N4O. The number of rotatable bonds is 3. The number of aryl methyl sites for hydroxylation is 1. The topological polar surface area (TPSA) is 88.7 Å². The van der Waals surface area contributed by atoms with E-state index in [2.05, 4.69) is 10.6 Å². The molecule has 2 N–H and O–H groups in total. The number of alkyl halides is 6. The van der Waals surface area contributed by atoms with Crippen molar-refractivity contribution in [2.24, 2.45) is 0 Å². The van der Waals surface area contributed by atoms with E-state index in [1.54, 1.807) is 6.92 Å². The molecule has 2 aromatic carbocycles. The molecule has 1 heterocycles. The van der Waals surface area contributed by atoms with Crippen molar-refractivity contribution in [2.45, 2.75) is 43.7 Å². The van der Waals surface area contributed by atoms with Crippen LogP contribution in [-0.4, -0.2) is 24.2 Å². The Bertz CT molecular complexity index is 1190. The second-order valence-electron chi connectivity index (χ2n) is 7.75. The van der Waals surface area contributed by atoms with Crippen LogP contribution in [0.5, 0.6) is 0 Å². The van der Waals surface area contributed by atoms with Gasteiger partial charge in [0.15, 0.2) is 0 Å². The predicted molar refractivity (Wildman–Crippen MR) is 110 cm³/mol. The standard InChI is InChI=1S/C22H15ClF6N4O/c1-10-4-11(8-30)5-16(23)18(10)33-20(34)17-7-14(19(32-17)22(27,28)29)12-2-3-13(9-31)15(6-12)21(24,25)26/h2-6,14,17,19,32H,7H2,1H3,(H,33,34)/t14?,17-,19+/m0/s1. The SMILES string of the molecule is Cc1cc(C#N)cc(Cl)c1NC(=O)[C@@H]1CC(c2ccc(C#N)c(C(F)(F)F)c2)[C@H](C(F)(F)F)N1. The highest BCUT2D eigenvalue weighted by molar-refractivity contribution is 6.34. The Labute approximate surface area is 194 Å². The minimum absolute atomic E-state index is 0.00808. The summed E-state index contributed by atoms with van der Waals surface area (Å²) < 4.78 is 81.2. The van der Waals surface area contributed by atoms with Gasteiger partial charge in [0.05, 0.1) is 45.6 Å². The zero-order valence-electron chi connectivity index (χ0n) is 17.3. The summed E-state index contributed by atoms with van der Waals surface area (Å²) in [5, 5.41) is 22.5. The molecule has 12 heteroatoms. The summed E-state index contributed by atoms with van der Waals surface area (Å²) in [5.74, 6) is -2.38. The number of amides is 1. The summed E-state index contributed by atoms with van der Waals surface area (Å²) in [5.41, 5.74) is -1.63. The number of anilines is 1. The number of carbonyl (C=O) groups is 1. The average Bonchev–Trinajstić information content (AvgIpc) is 3.21. The third-order valence-corrected chi connectivity index (χ3v) is 5.80. The molecule has 0 aliphatic carbocycles. The number of carbonyl (C=O) groups excluding carboxylic acids is 1. The highest BCUT2D eigenvalue weighted by Crippen LogP contribution is 2.42. The lowest BCUT2D eigenvalue weighted by Gasteiger charge is -2.23. The maximum atomic E-state index is 13.7. The highest BCUT2D eigenvalue weighted by atomic mass is 35.5. The fourth-order valence-corrected chi connectivity index (χ4v) is 4.24. The molecule has 1 aliphatic heterocycles. The van der Waals surface area contributed by atoms with Crippen LogP contribution >= 0.6 is 11.6 Å². The monoisotopic (exact) mass is 500 g/mol. The van der Waals surface area contributed by atoms with Gasteiger partial charge in [0.25, 0.3) is 0 Å². The number of nitrogens with one attached hydrogen (secondary N) is 2. The number of hydrogen-bond donors (Lipinski definition) is 2. The van der Waals surface area contributed by atoms with Crippen molar-refractivity contribution in [3.8, 4) is 12.1 Å². The van der Waals surface area contributed by atoms with E-state index in [1.807, 2.05) is 6.07 Å². The molecule has 1 unspecified atom stereocenters. The maximum Gasteiger partial charge on any atom is 0.417 e. The van der Waals surface area contributed by atoms with Gasteiger partial charge in [-0.2, -0.15) is 36.9 Å². The lowest BCUT2D eigenvalue weighted by Crippen LogP contribution is -2.46. The number of benzene rings is 2. The third kappa shape index (κ3) is 5.11. The van der Waals surface area contributed by atoms with Crippen molar-refractivity contribution in [3.63, 3.8) is 0 Å². The van der Waals surface area contributed by atoms with Crippen LogP contribution in [-0.2, 0) is 11.0 Å². The van der Waals surface area contributed by atoms with Gasteiger partial charge in [-0.1, -0.05) is 17.7 Å². The van der Waals surface area contributed by atoms with E-state index >= 15 is 0 Å². The third-order valence-electron chi connectivity index (χ3n) is 5.50. The van der Waals surface area contributed by atoms with E-state index in [0.29, 0.717) is 11.6 Å². The molecule has 3 atom stereocenters. The summed E-state index contributed by atoms with van der Waals surface area (Å²) in [7, 11) is 0. The van der Waals surface area contributed by atoms with Crippen molar-refractivity contribution in [1.82, 2.24) is 5.32 Å². The van der Waals surface area contributed by atoms with E-state index in [9.17, 15) is 31.1 Å². The second kappa shape index (κ2) is 9.16. The van der Waals surface area contributed by atoms with E-state index in [1.165, 1.54) is 18.2 Å². The van der Waals surface area contributed by atoms with Gasteiger partial charge in [-0.3, -0.25) is 10.1 Å². The van der Waals surface area contributed by atoms with Crippen LogP contribution < -0.4 is 10.6 Å². The minimum Gasteiger partial charge on any atom is -0.323 e. The van der Waals surface area contributed by atoms with Crippen LogP contribution in [0.15, 0.2) is 30.3 Å². The van der Waals surface area contributed by atoms with Gasteiger partial charge in [0.1, 0.15) is 6.04 Å². The zero-order chi connectivity index (χ0) is 25.4. The quantitative estimate of drug-likeness (QED) is 0.550. The fraction of sp³-hybridized carbons (Fsp3) is 0.318. The Morgan fingerprint density at radius 1 is 1.12 bits per heavy atom. The smallest absolute Gasteiger partial charge is 0.323 e. The molecule has 1 amide bonds. The van der Waals surface area contributed by atoms with Crippen molar-refractivity contribution in [3.05, 3.63) is 63.2 Å². The number of nitrogens with zero attached hydrogens (tertiary/aromatic N) is 2. The van der Waals surface area contributed by atoms with E-state index in [4.69, 9.17) is 22.1 Å². The van der Waals surface area contributed by atoms with Crippen molar-refractivity contribution < 1.29 is 31.1 Å². The summed E-state index contributed by atoms with van der Waals surface area (Å²) in [6, 6.07) is 4.64. The zero-order valence-corrected chi connectivity index (χ0v) is 18.0. The maximum absolute atomic E-state index is 13.7. The van der Waals surface area contributed by atoms with Crippen molar-refractivity contribution >= 4 is 23.2 Å². The van der Waals surface area contributed by atoms with Crippen molar-refractivity contribution in [2.75, 3.05) is 5.32 Å². The Kier molecular flexibility index (Phi) is 6.83. The van der Waals surface area contributed by atoms with E-state index < -0.39 is 53.8 Å². The molecule has 34 heavy (non-hydrogen) atoms. The predicted octanol–water partition coefficient (Wildman–Crippen LogP) is 5.43. The summed E-state index contributed by atoms with van der Waals surface area (Å²) >= 11 is 6.08. The summed E-state index contributed by atoms with van der Waals surface area (Å²) in [6.07, 6.45) is -10.3. The Hall–Kier alpha value is -3.28. The van der Waals surface area contributed by atoms with Gasteiger partial charge in [0, 0.05) is 5.92 Å². The molecular weight excluding hydrogens is 486 g/mol. The number of hydrogen-bond acceptors (Lipinski definition) is 4. The van der Waals surface area contributed by atoms with Gasteiger partial charge < -0.3 is 5.32 Å². The normalized spacial score (nSPS) is 20.5. The number of halogens is 7. The number of nitriles is 2. The Morgan fingerprint density at radius 2 is 1.79 bits per heavy atom. The van der Waals surface area contributed by atoms with Crippen LogP contribution in [0.25, 0.3) is 0 Å². The van der Waals surface area contributed by atoms with Gasteiger partial charge >= 0.3 is 12.4 Å². The molecule has 0 bridgehead atoms. The minimum atomic E-state index is -4.94. The van der Waals surface area contributed by atoms with Gasteiger partial charge in [-0.25, -0.2) is 0 Å². The molecule has 5 nitrogen and oxygen atoms in total. The molecule has 0 spiro atoms. The van der Waals surface area contributed by atoms with Gasteiger partial charge in [-0.05, 0) is 48.7 Å². The van der Waals surface area contributed by atoms with Gasteiger partial charge in [0.2, 0.25) is 5.91 Å². The first-order valence-electron chi connectivity index (χ1n) is 9.71. The first kappa shape index (κ1) is 25.3. The average molecular weight is 501 g/mol. The molecule has 1 saturated heterocycles. The molecule has 178 valence electrons. The lowest BCUT2D eigenvalue weighted by atomic mass is 9.88. The largest absolute Gasteiger partial charge is 0.417 e.